The molecule has 2 aliphatic heterocycles. The first-order valence-corrected chi connectivity index (χ1v) is 5.79. The van der Waals surface area contributed by atoms with Crippen LogP contribution in [0.2, 0.25) is 0 Å². The van der Waals surface area contributed by atoms with Crippen LogP contribution < -0.4 is 24.0 Å². The van der Waals surface area contributed by atoms with Gasteiger partial charge in [0.25, 0.3) is 0 Å². The van der Waals surface area contributed by atoms with E-state index in [-0.39, 0.29) is 35.9 Å². The highest BCUT2D eigenvalue weighted by Gasteiger charge is 2.52. The number of aliphatic hydroxyl groups excluding tert-OH is 2. The minimum Gasteiger partial charge on any atom is -1.00 e. The van der Waals surface area contributed by atoms with E-state index in [0.717, 1.165) is 23.9 Å². The van der Waals surface area contributed by atoms with Crippen LogP contribution in [0.3, 0.4) is 0 Å². The molecule has 0 radical (unpaired) electrons. The van der Waals surface area contributed by atoms with Crippen LogP contribution in [0.25, 0.3) is 0 Å². The zero-order valence-electron chi connectivity index (χ0n) is 9.56. The molecule has 4 heteroatoms. The lowest BCUT2D eigenvalue weighted by atomic mass is 9.84. The molecule has 2 saturated heterocycles. The molecular formula is C11H22INO2. The number of fused-ring (bicyclic) bond motifs is 1. The monoisotopic (exact) mass is 327 g/mol. The predicted molar refractivity (Wildman–Crippen MR) is 54.7 cm³/mol. The highest BCUT2D eigenvalue weighted by Crippen LogP contribution is 2.36. The molecule has 0 aromatic carbocycles. The van der Waals surface area contributed by atoms with Crippen LogP contribution in [0.4, 0.5) is 0 Å². The summed E-state index contributed by atoms with van der Waals surface area (Å²) in [7, 11) is 2.23. The fraction of sp³-hybridized carbons (Fsp3) is 1.00. The van der Waals surface area contributed by atoms with Crippen LogP contribution in [-0.2, 0) is 0 Å². The molecule has 90 valence electrons. The summed E-state index contributed by atoms with van der Waals surface area (Å²) >= 11 is 0. The number of hydrogen-bond donors (Lipinski definition) is 2. The number of nitrogens with zero attached hydrogens (tertiary/aromatic N) is 1. The Morgan fingerprint density at radius 3 is 2.53 bits per heavy atom. The van der Waals surface area contributed by atoms with Crippen LogP contribution in [0.5, 0.6) is 0 Å². The molecule has 0 bridgehead atoms. The molecule has 2 aliphatic rings. The number of likely N-dealkylation sites (N-methyl/N-ethyl adjacent to an activating group) is 1. The van der Waals surface area contributed by atoms with Crippen molar-refractivity contribution in [3.05, 3.63) is 0 Å². The first-order chi connectivity index (χ1) is 6.58. The third kappa shape index (κ3) is 2.18. The zero-order chi connectivity index (χ0) is 10.3. The van der Waals surface area contributed by atoms with Crippen LogP contribution >= 0.6 is 0 Å². The van der Waals surface area contributed by atoms with E-state index in [0.29, 0.717) is 0 Å². The van der Waals surface area contributed by atoms with E-state index >= 15 is 0 Å². The van der Waals surface area contributed by atoms with E-state index in [4.69, 9.17) is 0 Å². The largest absolute Gasteiger partial charge is 1.00 e. The molecule has 3 nitrogen and oxygen atoms in total. The number of quaternary nitrogens is 1. The Bertz CT molecular complexity index is 227. The summed E-state index contributed by atoms with van der Waals surface area (Å²) in [6.07, 6.45) is 2.25. The van der Waals surface area contributed by atoms with Gasteiger partial charge in [-0.15, -0.1) is 0 Å². The topological polar surface area (TPSA) is 40.5 Å². The molecule has 5 atom stereocenters. The number of piperidine rings is 1. The van der Waals surface area contributed by atoms with Crippen LogP contribution in [0, 0.1) is 5.92 Å². The van der Waals surface area contributed by atoms with Crippen LogP contribution in [-0.4, -0.2) is 53.1 Å². The lowest BCUT2D eigenvalue weighted by Gasteiger charge is -2.47. The Labute approximate surface area is 109 Å². The summed E-state index contributed by atoms with van der Waals surface area (Å²) in [4.78, 5) is 0. The summed E-state index contributed by atoms with van der Waals surface area (Å²) in [5.41, 5.74) is 0. The maximum absolute atomic E-state index is 10.0. The standard InChI is InChI=1S/C11H22NO2.HI/c1-3-8-7-12(2)6-4-5-9(12)11(14)10(8)13;/h8-11,13-14H,3-7H2,1-2H3;1H/q+1;/p-1/t8-,9-,10-,11-,12+;/m0./s1. The molecule has 0 amide bonds. The van der Waals surface area contributed by atoms with E-state index < -0.39 is 12.2 Å². The van der Waals surface area contributed by atoms with Crippen molar-refractivity contribution in [2.45, 2.75) is 44.4 Å². The van der Waals surface area contributed by atoms with Gasteiger partial charge in [-0.1, -0.05) is 6.92 Å². The number of hydrogen-bond acceptors (Lipinski definition) is 2. The van der Waals surface area contributed by atoms with Gasteiger partial charge >= 0.3 is 0 Å². The molecule has 15 heavy (non-hydrogen) atoms. The first-order valence-electron chi connectivity index (χ1n) is 5.79. The summed E-state index contributed by atoms with van der Waals surface area (Å²) in [6, 6.07) is 0.285. The second-order valence-corrected chi connectivity index (χ2v) is 5.24. The minimum atomic E-state index is -0.499. The average Bonchev–Trinajstić information content (AvgIpc) is 2.54. The van der Waals surface area contributed by atoms with Gasteiger partial charge in [-0.25, -0.2) is 0 Å². The Balaban J connectivity index is 0.00000112. The smallest absolute Gasteiger partial charge is 0.132 e. The lowest BCUT2D eigenvalue weighted by molar-refractivity contribution is -0.934. The maximum atomic E-state index is 10.0. The first kappa shape index (κ1) is 13.7. The van der Waals surface area contributed by atoms with Crippen molar-refractivity contribution in [3.8, 4) is 0 Å². The summed E-state index contributed by atoms with van der Waals surface area (Å²) < 4.78 is 0.983. The minimum absolute atomic E-state index is 0. The number of aliphatic hydroxyl groups is 2. The van der Waals surface area contributed by atoms with Crippen molar-refractivity contribution in [2.75, 3.05) is 20.1 Å². The van der Waals surface area contributed by atoms with Gasteiger partial charge in [0.15, 0.2) is 0 Å². The van der Waals surface area contributed by atoms with Gasteiger partial charge < -0.3 is 38.7 Å². The molecule has 0 aromatic rings. The Hall–Kier alpha value is 0.610. The van der Waals surface area contributed by atoms with E-state index in [1.54, 1.807) is 0 Å². The molecule has 2 fully saturated rings. The van der Waals surface area contributed by atoms with Crippen molar-refractivity contribution in [1.82, 2.24) is 0 Å². The third-order valence-electron chi connectivity index (χ3n) is 4.37. The summed E-state index contributed by atoms with van der Waals surface area (Å²) in [5.74, 6) is 0.282. The fourth-order valence-electron chi connectivity index (χ4n) is 3.43. The molecule has 0 unspecified atom stereocenters. The molecular weight excluding hydrogens is 305 g/mol. The Morgan fingerprint density at radius 2 is 1.93 bits per heavy atom. The highest BCUT2D eigenvalue weighted by molar-refractivity contribution is 4.89. The molecule has 0 saturated carbocycles. The van der Waals surface area contributed by atoms with Crippen LogP contribution in [0.1, 0.15) is 26.2 Å². The average molecular weight is 327 g/mol. The molecule has 2 rings (SSSR count). The quantitative estimate of drug-likeness (QED) is 0.408. The van der Waals surface area contributed by atoms with E-state index in [2.05, 4.69) is 14.0 Å². The van der Waals surface area contributed by atoms with Crippen molar-refractivity contribution in [1.29, 1.82) is 0 Å². The normalized spacial score (nSPS) is 49.6. The van der Waals surface area contributed by atoms with Crippen molar-refractivity contribution < 1.29 is 38.7 Å². The zero-order valence-corrected chi connectivity index (χ0v) is 11.7. The summed E-state index contributed by atoms with van der Waals surface area (Å²) in [5, 5.41) is 20.0. The molecule has 0 spiro atoms. The van der Waals surface area contributed by atoms with Gasteiger partial charge in [0.2, 0.25) is 0 Å². The molecule has 0 aromatic heterocycles. The van der Waals surface area contributed by atoms with Gasteiger partial charge in [0.1, 0.15) is 12.1 Å². The second-order valence-electron chi connectivity index (χ2n) is 5.24. The SMILES string of the molecule is CC[C@H]1C[N@@+]2(C)CCC[C@H]2[C@H](O)[C@H]1O.[I-]. The van der Waals surface area contributed by atoms with Crippen molar-refractivity contribution in [3.63, 3.8) is 0 Å². The highest BCUT2D eigenvalue weighted by atomic mass is 127. The van der Waals surface area contributed by atoms with E-state index in [1.165, 1.54) is 13.0 Å². The van der Waals surface area contributed by atoms with Gasteiger partial charge in [-0.3, -0.25) is 0 Å². The van der Waals surface area contributed by atoms with Gasteiger partial charge in [0.05, 0.1) is 26.2 Å². The lowest BCUT2D eigenvalue weighted by Crippen LogP contribution is -3.00. The van der Waals surface area contributed by atoms with Crippen molar-refractivity contribution in [2.24, 2.45) is 5.92 Å². The molecule has 2 heterocycles. The van der Waals surface area contributed by atoms with E-state index in [9.17, 15) is 10.2 Å². The van der Waals surface area contributed by atoms with Gasteiger partial charge in [0, 0.05) is 18.8 Å². The van der Waals surface area contributed by atoms with Crippen molar-refractivity contribution >= 4 is 0 Å². The molecule has 0 aliphatic carbocycles. The maximum Gasteiger partial charge on any atom is 0.132 e. The van der Waals surface area contributed by atoms with Gasteiger partial charge in [-0.2, -0.15) is 0 Å². The Kier molecular flexibility index (Phi) is 4.43. The number of rotatable bonds is 1. The van der Waals surface area contributed by atoms with Gasteiger partial charge in [-0.05, 0) is 6.42 Å². The molecule has 2 N–H and O–H groups in total. The fourth-order valence-corrected chi connectivity index (χ4v) is 3.43. The second kappa shape index (κ2) is 4.85. The predicted octanol–water partition coefficient (Wildman–Crippen LogP) is -2.64. The Morgan fingerprint density at radius 1 is 1.27 bits per heavy atom. The summed E-state index contributed by atoms with van der Waals surface area (Å²) in [6.45, 7) is 4.31. The van der Waals surface area contributed by atoms with Crippen LogP contribution in [0.15, 0.2) is 0 Å². The van der Waals surface area contributed by atoms with E-state index in [1.807, 2.05) is 0 Å². The third-order valence-corrected chi connectivity index (χ3v) is 4.37. The number of halogens is 1.